The molecule has 0 spiro atoms. The number of nitrogen functional groups attached to an aromatic ring is 1. The van der Waals surface area contributed by atoms with Gasteiger partial charge < -0.3 is 11.5 Å². The molecule has 1 unspecified atom stereocenters. The van der Waals surface area contributed by atoms with Crippen LogP contribution < -0.4 is 16.6 Å². The third-order valence-electron chi connectivity index (χ3n) is 4.11. The molecule has 1 aliphatic carbocycles. The van der Waals surface area contributed by atoms with Crippen LogP contribution in [0.25, 0.3) is 0 Å². The molecule has 162 valence electrons. The lowest BCUT2D eigenvalue weighted by Crippen LogP contribution is -2.14. The summed E-state index contributed by atoms with van der Waals surface area (Å²) in [5.41, 5.74) is 10.7. The van der Waals surface area contributed by atoms with Gasteiger partial charge in [0.2, 0.25) is 6.41 Å². The molecule has 2 aromatic rings. The molecule has 0 aliphatic heterocycles. The van der Waals surface area contributed by atoms with Crippen molar-refractivity contribution >= 4 is 23.1 Å². The second-order valence-electron chi connectivity index (χ2n) is 6.44. The fraction of sp³-hybridized carbons (Fsp3) is 0.471. The molecule has 2 heterocycles. The number of fused-ring (bicyclic) bond motifs is 1. The van der Waals surface area contributed by atoms with E-state index in [9.17, 15) is 17.4 Å². The summed E-state index contributed by atoms with van der Waals surface area (Å²) in [6, 6.07) is 1.95. The number of carbonyl (C=O) groups excluding carboxylic acids is 1. The summed E-state index contributed by atoms with van der Waals surface area (Å²) < 4.78 is 50.2. The van der Waals surface area contributed by atoms with E-state index in [-0.39, 0.29) is 23.7 Å². The lowest BCUT2D eigenvalue weighted by molar-refractivity contribution is -0.141. The summed E-state index contributed by atoms with van der Waals surface area (Å²) in [6.45, 7) is 5.37. The van der Waals surface area contributed by atoms with Crippen LogP contribution in [0.3, 0.4) is 0 Å². The number of anilines is 1. The molecule has 0 saturated heterocycles. The Morgan fingerprint density at radius 1 is 1.31 bits per heavy atom. The lowest BCUT2D eigenvalue weighted by Gasteiger charge is -2.14. The highest BCUT2D eigenvalue weighted by atomic mass is 32.2. The van der Waals surface area contributed by atoms with Crippen molar-refractivity contribution in [2.45, 2.75) is 57.3 Å². The number of hydrogen-bond acceptors (Lipinski definition) is 5. The normalized spacial score (nSPS) is 13.7. The van der Waals surface area contributed by atoms with Gasteiger partial charge in [-0.25, -0.2) is 14.3 Å². The average molecular weight is 434 g/mol. The van der Waals surface area contributed by atoms with E-state index in [0.29, 0.717) is 17.1 Å². The van der Waals surface area contributed by atoms with Gasteiger partial charge in [-0.1, -0.05) is 0 Å². The van der Waals surface area contributed by atoms with Crippen LogP contribution in [0.5, 0.6) is 0 Å². The maximum atomic E-state index is 12.6. The number of aryl methyl sites for hydroxylation is 1. The van der Waals surface area contributed by atoms with Crippen LogP contribution in [-0.2, 0) is 34.8 Å². The fourth-order valence-corrected chi connectivity index (χ4v) is 3.08. The van der Waals surface area contributed by atoms with Crippen LogP contribution in [0, 0.1) is 6.92 Å². The van der Waals surface area contributed by atoms with E-state index < -0.39 is 22.9 Å². The molecule has 0 radical (unpaired) electrons. The molecule has 8 nitrogen and oxygen atoms in total. The number of rotatable bonds is 2. The van der Waals surface area contributed by atoms with Crippen LogP contribution in [0.4, 0.5) is 18.9 Å². The molecule has 1 aliphatic rings. The van der Waals surface area contributed by atoms with Crippen LogP contribution in [0.2, 0.25) is 0 Å². The first-order valence-electron chi connectivity index (χ1n) is 8.65. The highest BCUT2D eigenvalue weighted by molar-refractivity contribution is 7.82. The summed E-state index contributed by atoms with van der Waals surface area (Å²) in [5.74, 6) is 0. The zero-order valence-electron chi connectivity index (χ0n) is 16.4. The summed E-state index contributed by atoms with van der Waals surface area (Å²) in [5, 5.41) is 9.55. The highest BCUT2D eigenvalue weighted by Gasteiger charge is 2.37. The molecule has 0 fully saturated rings. The van der Waals surface area contributed by atoms with E-state index in [1.807, 2.05) is 13.8 Å². The molecule has 12 heteroatoms. The Morgan fingerprint density at radius 2 is 1.90 bits per heavy atom. The van der Waals surface area contributed by atoms with E-state index in [1.54, 1.807) is 16.9 Å². The molecule has 2 aromatic heterocycles. The number of carbonyl (C=O) groups is 1. The van der Waals surface area contributed by atoms with Gasteiger partial charge in [0, 0.05) is 29.2 Å². The van der Waals surface area contributed by atoms with Gasteiger partial charge >= 0.3 is 6.18 Å². The number of alkyl halides is 3. The van der Waals surface area contributed by atoms with Crippen LogP contribution in [-0.4, -0.2) is 25.4 Å². The van der Waals surface area contributed by atoms with Crippen molar-refractivity contribution in [3.8, 4) is 0 Å². The van der Waals surface area contributed by atoms with Crippen molar-refractivity contribution in [2.75, 3.05) is 5.73 Å². The zero-order chi connectivity index (χ0) is 22.4. The predicted octanol–water partition coefficient (Wildman–Crippen LogP) is 2.03. The lowest BCUT2D eigenvalue weighted by atomic mass is 10.1. The number of primary amides is 1. The van der Waals surface area contributed by atoms with Gasteiger partial charge in [-0.15, -0.1) is 0 Å². The average Bonchev–Trinajstić information content (AvgIpc) is 3.27. The molecule has 0 bridgehead atoms. The SMILES string of the molecule is CC(C)n1ccc(S(N)=O)n1.Cc1c(C(F)(F)F)nc2c(c1N)CCC2.NC=O. The molecule has 6 N–H and O–H groups in total. The third-order valence-corrected chi connectivity index (χ3v) is 4.74. The number of halogens is 3. The number of nitrogens with zero attached hydrogens (tertiary/aromatic N) is 3. The van der Waals surface area contributed by atoms with E-state index in [1.165, 1.54) is 6.92 Å². The summed E-state index contributed by atoms with van der Waals surface area (Å²) in [4.78, 5) is 12.3. The molecular weight excluding hydrogens is 409 g/mol. The Kier molecular flexibility index (Phi) is 8.77. The summed E-state index contributed by atoms with van der Waals surface area (Å²) in [7, 11) is -1.46. The quantitative estimate of drug-likeness (QED) is 0.620. The summed E-state index contributed by atoms with van der Waals surface area (Å²) >= 11 is 0. The Morgan fingerprint density at radius 3 is 2.31 bits per heavy atom. The minimum atomic E-state index is -4.41. The van der Waals surface area contributed by atoms with Gasteiger partial charge in [-0.3, -0.25) is 9.48 Å². The van der Waals surface area contributed by atoms with Crippen molar-refractivity contribution in [1.82, 2.24) is 14.8 Å². The van der Waals surface area contributed by atoms with Gasteiger partial charge in [-0.2, -0.15) is 18.3 Å². The van der Waals surface area contributed by atoms with E-state index in [0.717, 1.165) is 18.4 Å². The minimum absolute atomic E-state index is 0.0585. The standard InChI is InChI=1S/C10H11F3N2.C6H11N3OS.CH3NO/c1-5-8(14)6-3-2-4-7(6)15-9(5)10(11,12)13;1-5(2)9-4-3-6(8-9)11(7)10;2-1-3/h2-4H2,1H3,(H2,14,15);3-5H,7H2,1-2H3;1H,(H2,2,3). The van der Waals surface area contributed by atoms with E-state index in [4.69, 9.17) is 15.7 Å². The van der Waals surface area contributed by atoms with Crippen molar-refractivity contribution in [3.05, 3.63) is 34.8 Å². The van der Waals surface area contributed by atoms with Crippen LogP contribution in [0.1, 0.15) is 48.8 Å². The first-order chi connectivity index (χ1) is 13.4. The fourth-order valence-electron chi connectivity index (χ4n) is 2.71. The Labute approximate surface area is 169 Å². The van der Waals surface area contributed by atoms with Gasteiger partial charge in [0.25, 0.3) is 0 Å². The highest BCUT2D eigenvalue weighted by Crippen LogP contribution is 2.37. The van der Waals surface area contributed by atoms with Gasteiger partial charge in [-0.05, 0) is 51.7 Å². The third kappa shape index (κ3) is 6.53. The van der Waals surface area contributed by atoms with Crippen LogP contribution in [0.15, 0.2) is 17.3 Å². The van der Waals surface area contributed by atoms with Crippen molar-refractivity contribution in [2.24, 2.45) is 10.9 Å². The van der Waals surface area contributed by atoms with Crippen molar-refractivity contribution in [1.29, 1.82) is 0 Å². The second kappa shape index (κ2) is 10.3. The molecule has 0 saturated carbocycles. The zero-order valence-corrected chi connectivity index (χ0v) is 17.2. The number of amides is 1. The van der Waals surface area contributed by atoms with E-state index >= 15 is 0 Å². The maximum Gasteiger partial charge on any atom is 0.433 e. The van der Waals surface area contributed by atoms with Gasteiger partial charge in [0.05, 0.1) is 0 Å². The number of pyridine rings is 1. The predicted molar refractivity (Wildman–Crippen MR) is 104 cm³/mol. The molecule has 0 aromatic carbocycles. The van der Waals surface area contributed by atoms with E-state index in [2.05, 4.69) is 15.8 Å². The molecule has 29 heavy (non-hydrogen) atoms. The second-order valence-corrected chi connectivity index (χ2v) is 7.45. The first-order valence-corrected chi connectivity index (χ1v) is 9.87. The van der Waals surface area contributed by atoms with Crippen LogP contribution >= 0.6 is 0 Å². The number of aromatic nitrogens is 3. The molecule has 1 amide bonds. The smallest absolute Gasteiger partial charge is 0.398 e. The van der Waals surface area contributed by atoms with Crippen molar-refractivity contribution < 1.29 is 22.2 Å². The molecule has 3 rings (SSSR count). The molecular formula is C17H25F3N6O2S. The Balaban J connectivity index is 0.000000265. The number of hydrogen-bond donors (Lipinski definition) is 3. The molecule has 1 atom stereocenters. The number of nitrogens with two attached hydrogens (primary N) is 3. The topological polar surface area (TPSA) is 143 Å². The maximum absolute atomic E-state index is 12.6. The van der Waals surface area contributed by atoms with Crippen molar-refractivity contribution in [3.63, 3.8) is 0 Å². The Hall–Kier alpha value is -2.47. The first kappa shape index (κ1) is 24.6. The van der Waals surface area contributed by atoms with Gasteiger partial charge in [0.15, 0.2) is 5.03 Å². The monoisotopic (exact) mass is 434 g/mol. The van der Waals surface area contributed by atoms with Gasteiger partial charge in [0.1, 0.15) is 16.7 Å². The minimum Gasteiger partial charge on any atom is -0.398 e. The Bertz CT molecular complexity index is 868. The summed E-state index contributed by atoms with van der Waals surface area (Å²) in [6.07, 6.45) is -0.204. The largest absolute Gasteiger partial charge is 0.433 e.